The van der Waals surface area contributed by atoms with E-state index in [1.54, 1.807) is 18.2 Å². The van der Waals surface area contributed by atoms with Crippen LogP contribution in [0.15, 0.2) is 48.5 Å². The highest BCUT2D eigenvalue weighted by Gasteiger charge is 2.34. The summed E-state index contributed by atoms with van der Waals surface area (Å²) in [5.41, 5.74) is 2.20. The van der Waals surface area contributed by atoms with Crippen LogP contribution >= 0.6 is 0 Å². The molecule has 1 heterocycles. The third-order valence-corrected chi connectivity index (χ3v) is 6.27. The van der Waals surface area contributed by atoms with E-state index in [0.717, 1.165) is 5.56 Å². The first-order valence-electron chi connectivity index (χ1n) is 8.71. The molecule has 0 aromatic heterocycles. The monoisotopic (exact) mass is 391 g/mol. The number of halogens is 1. The van der Waals surface area contributed by atoms with E-state index in [4.69, 9.17) is 0 Å². The summed E-state index contributed by atoms with van der Waals surface area (Å²) in [5.74, 6) is -0.798. The van der Waals surface area contributed by atoms with Crippen LogP contribution in [0.5, 0.6) is 0 Å². The number of nitrogens with one attached hydrogen (secondary N) is 1. The van der Waals surface area contributed by atoms with Gasteiger partial charge < -0.3 is 5.32 Å². The van der Waals surface area contributed by atoms with Crippen LogP contribution in [-0.4, -0.2) is 42.6 Å². The van der Waals surface area contributed by atoms with Gasteiger partial charge in [-0.1, -0.05) is 24.3 Å². The van der Waals surface area contributed by atoms with Crippen LogP contribution < -0.4 is 5.32 Å². The SMILES string of the molecule is Cc1cccc(NC(=O)CN2CCCN(Cc3cccc(F)c3)S2(=O)=O)c1. The van der Waals surface area contributed by atoms with Gasteiger partial charge in [0, 0.05) is 25.3 Å². The van der Waals surface area contributed by atoms with E-state index in [0.29, 0.717) is 24.2 Å². The maximum atomic E-state index is 13.4. The Balaban J connectivity index is 1.67. The predicted molar refractivity (Wildman–Crippen MR) is 102 cm³/mol. The predicted octanol–water partition coefficient (Wildman–Crippen LogP) is 2.53. The lowest BCUT2D eigenvalue weighted by molar-refractivity contribution is -0.116. The minimum atomic E-state index is -3.79. The molecule has 1 aliphatic heterocycles. The van der Waals surface area contributed by atoms with E-state index in [-0.39, 0.29) is 19.6 Å². The van der Waals surface area contributed by atoms with E-state index in [1.165, 1.54) is 20.7 Å². The van der Waals surface area contributed by atoms with Crippen molar-refractivity contribution in [3.63, 3.8) is 0 Å². The summed E-state index contributed by atoms with van der Waals surface area (Å²) < 4.78 is 41.5. The Hall–Kier alpha value is -2.29. The third kappa shape index (κ3) is 4.91. The molecular weight excluding hydrogens is 369 g/mol. The van der Waals surface area contributed by atoms with Gasteiger partial charge >= 0.3 is 0 Å². The number of carbonyl (C=O) groups is 1. The standard InChI is InChI=1S/C19H22FN3O3S/c1-15-5-2-8-18(11-15)21-19(24)14-23-10-4-9-22(27(23,25)26)13-16-6-3-7-17(20)12-16/h2-3,5-8,11-12H,4,9-10,13-14H2,1H3,(H,21,24). The number of hydrogen-bond acceptors (Lipinski definition) is 3. The zero-order chi connectivity index (χ0) is 19.4. The number of nitrogens with zero attached hydrogens (tertiary/aromatic N) is 2. The zero-order valence-electron chi connectivity index (χ0n) is 15.1. The van der Waals surface area contributed by atoms with Crippen molar-refractivity contribution in [2.45, 2.75) is 19.9 Å². The lowest BCUT2D eigenvalue weighted by Gasteiger charge is -2.34. The van der Waals surface area contributed by atoms with Crippen molar-refractivity contribution in [3.8, 4) is 0 Å². The molecule has 2 aromatic rings. The number of anilines is 1. The van der Waals surface area contributed by atoms with Gasteiger partial charge in [0.25, 0.3) is 10.2 Å². The van der Waals surface area contributed by atoms with E-state index in [2.05, 4.69) is 5.32 Å². The quantitative estimate of drug-likeness (QED) is 0.852. The van der Waals surface area contributed by atoms with Crippen LogP contribution in [0.2, 0.25) is 0 Å². The number of amides is 1. The molecule has 0 bridgehead atoms. The normalized spacial score (nSPS) is 17.6. The Bertz CT molecular complexity index is 933. The average molecular weight is 391 g/mol. The Morgan fingerprint density at radius 3 is 2.59 bits per heavy atom. The molecule has 3 rings (SSSR count). The van der Waals surface area contributed by atoms with Gasteiger partial charge in [0.05, 0.1) is 6.54 Å². The molecule has 0 spiro atoms. The molecule has 27 heavy (non-hydrogen) atoms. The second-order valence-corrected chi connectivity index (χ2v) is 8.50. The van der Waals surface area contributed by atoms with Gasteiger partial charge in [0.1, 0.15) is 5.82 Å². The number of benzene rings is 2. The first-order chi connectivity index (χ1) is 12.8. The molecule has 0 radical (unpaired) electrons. The molecule has 8 heteroatoms. The molecule has 0 aliphatic carbocycles. The van der Waals surface area contributed by atoms with Crippen LogP contribution in [0.3, 0.4) is 0 Å². The number of aryl methyl sites for hydroxylation is 1. The van der Waals surface area contributed by atoms with Crippen LogP contribution in [0, 0.1) is 12.7 Å². The van der Waals surface area contributed by atoms with Crippen LogP contribution in [0.4, 0.5) is 10.1 Å². The molecule has 0 unspecified atom stereocenters. The largest absolute Gasteiger partial charge is 0.325 e. The fourth-order valence-electron chi connectivity index (χ4n) is 3.06. The summed E-state index contributed by atoms with van der Waals surface area (Å²) in [5, 5.41) is 2.73. The second-order valence-electron chi connectivity index (χ2n) is 6.58. The van der Waals surface area contributed by atoms with Gasteiger partial charge in [-0.25, -0.2) is 4.39 Å². The zero-order valence-corrected chi connectivity index (χ0v) is 15.9. The number of hydrogen-bond donors (Lipinski definition) is 1. The minimum Gasteiger partial charge on any atom is -0.325 e. The summed E-state index contributed by atoms with van der Waals surface area (Å²) in [6.45, 7) is 2.36. The van der Waals surface area contributed by atoms with Gasteiger partial charge in [-0.2, -0.15) is 17.0 Å². The molecule has 0 saturated carbocycles. The van der Waals surface area contributed by atoms with Crippen LogP contribution in [-0.2, 0) is 21.5 Å². The average Bonchev–Trinajstić information content (AvgIpc) is 2.59. The van der Waals surface area contributed by atoms with Crippen molar-refractivity contribution in [1.82, 2.24) is 8.61 Å². The van der Waals surface area contributed by atoms with Crippen molar-refractivity contribution < 1.29 is 17.6 Å². The molecule has 1 amide bonds. The summed E-state index contributed by atoms with van der Waals surface area (Å²) in [6.07, 6.45) is 0.603. The molecule has 1 saturated heterocycles. The Kier molecular flexibility index (Phi) is 5.88. The van der Waals surface area contributed by atoms with Gasteiger partial charge in [-0.05, 0) is 48.7 Å². The molecule has 6 nitrogen and oxygen atoms in total. The fraction of sp³-hybridized carbons (Fsp3) is 0.316. The topological polar surface area (TPSA) is 69.7 Å². The van der Waals surface area contributed by atoms with Crippen molar-refractivity contribution in [2.75, 3.05) is 25.0 Å². The lowest BCUT2D eigenvalue weighted by Crippen LogP contribution is -2.51. The van der Waals surface area contributed by atoms with Crippen LogP contribution in [0.1, 0.15) is 17.5 Å². The van der Waals surface area contributed by atoms with Gasteiger partial charge in [-0.3, -0.25) is 4.79 Å². The maximum Gasteiger partial charge on any atom is 0.282 e. The molecule has 2 aromatic carbocycles. The summed E-state index contributed by atoms with van der Waals surface area (Å²) in [7, 11) is -3.79. The minimum absolute atomic E-state index is 0.0795. The highest BCUT2D eigenvalue weighted by molar-refractivity contribution is 7.86. The van der Waals surface area contributed by atoms with E-state index in [1.807, 2.05) is 25.1 Å². The first-order valence-corrected chi connectivity index (χ1v) is 10.1. The van der Waals surface area contributed by atoms with Gasteiger partial charge in [-0.15, -0.1) is 0 Å². The summed E-state index contributed by atoms with van der Waals surface area (Å²) in [6, 6.07) is 13.2. The smallest absolute Gasteiger partial charge is 0.282 e. The van der Waals surface area contributed by atoms with E-state index >= 15 is 0 Å². The molecule has 1 fully saturated rings. The number of carbonyl (C=O) groups excluding carboxylic acids is 1. The molecule has 144 valence electrons. The highest BCUT2D eigenvalue weighted by Crippen LogP contribution is 2.20. The van der Waals surface area contributed by atoms with E-state index in [9.17, 15) is 17.6 Å². The lowest BCUT2D eigenvalue weighted by atomic mass is 10.2. The molecule has 1 N–H and O–H groups in total. The Morgan fingerprint density at radius 2 is 1.85 bits per heavy atom. The third-order valence-electron chi connectivity index (χ3n) is 4.34. The Morgan fingerprint density at radius 1 is 1.11 bits per heavy atom. The van der Waals surface area contributed by atoms with Crippen LogP contribution in [0.25, 0.3) is 0 Å². The van der Waals surface area contributed by atoms with Gasteiger partial charge in [0.15, 0.2) is 0 Å². The molecular formula is C19H22FN3O3S. The maximum absolute atomic E-state index is 13.4. The number of rotatable bonds is 5. The van der Waals surface area contributed by atoms with E-state index < -0.39 is 21.9 Å². The second kappa shape index (κ2) is 8.16. The summed E-state index contributed by atoms with van der Waals surface area (Å²) in [4.78, 5) is 12.3. The first kappa shape index (κ1) is 19.5. The highest BCUT2D eigenvalue weighted by atomic mass is 32.2. The van der Waals surface area contributed by atoms with Crippen molar-refractivity contribution in [3.05, 3.63) is 65.5 Å². The molecule has 1 aliphatic rings. The van der Waals surface area contributed by atoms with Crippen molar-refractivity contribution in [2.24, 2.45) is 0 Å². The summed E-state index contributed by atoms with van der Waals surface area (Å²) >= 11 is 0. The van der Waals surface area contributed by atoms with Crippen molar-refractivity contribution in [1.29, 1.82) is 0 Å². The fourth-order valence-corrected chi connectivity index (χ4v) is 4.70. The van der Waals surface area contributed by atoms with Crippen molar-refractivity contribution >= 4 is 21.8 Å². The molecule has 0 atom stereocenters. The van der Waals surface area contributed by atoms with Gasteiger partial charge in [0.2, 0.25) is 5.91 Å². The Labute approximate surface area is 158 Å².